The molecule has 1 N–H and O–H groups in total. The first-order valence-corrected chi connectivity index (χ1v) is 9.90. The van der Waals surface area contributed by atoms with Gasteiger partial charge in [0.15, 0.2) is 4.21 Å². The zero-order chi connectivity index (χ0) is 17.0. The summed E-state index contributed by atoms with van der Waals surface area (Å²) in [6, 6.07) is 1.75. The molecule has 1 unspecified atom stereocenters. The van der Waals surface area contributed by atoms with E-state index in [2.05, 4.69) is 14.7 Å². The van der Waals surface area contributed by atoms with Gasteiger partial charge in [0, 0.05) is 30.8 Å². The third-order valence-corrected chi connectivity index (χ3v) is 6.46. The van der Waals surface area contributed by atoms with Crippen LogP contribution >= 0.6 is 11.3 Å². The molecule has 0 aliphatic carbocycles. The van der Waals surface area contributed by atoms with Crippen LogP contribution in [0.25, 0.3) is 0 Å². The molecular weight excluding hydrogens is 350 g/mol. The lowest BCUT2D eigenvalue weighted by Crippen LogP contribution is -2.23. The standard InChI is InChI=1S/C15H19N3O4S2/c1-11-17-8-15(23-11)24(19,20)18-6-13-2-4-16-7-14(13)22-10-12-3-5-21-9-12/h2,4,7-8,12,18H,3,5-6,9-10H2,1H3. The fourth-order valence-electron chi connectivity index (χ4n) is 2.32. The van der Waals surface area contributed by atoms with Gasteiger partial charge >= 0.3 is 0 Å². The van der Waals surface area contributed by atoms with E-state index in [-0.39, 0.29) is 10.8 Å². The zero-order valence-corrected chi connectivity index (χ0v) is 14.9. The summed E-state index contributed by atoms with van der Waals surface area (Å²) in [6.07, 6.45) is 5.57. The van der Waals surface area contributed by atoms with Crippen molar-refractivity contribution in [3.05, 3.63) is 35.2 Å². The number of hydrogen-bond donors (Lipinski definition) is 1. The van der Waals surface area contributed by atoms with Gasteiger partial charge in [0.25, 0.3) is 10.0 Å². The van der Waals surface area contributed by atoms with E-state index in [1.54, 1.807) is 25.4 Å². The summed E-state index contributed by atoms with van der Waals surface area (Å²) in [4.78, 5) is 8.04. The quantitative estimate of drug-likeness (QED) is 0.799. The van der Waals surface area contributed by atoms with Crippen LogP contribution in [0, 0.1) is 12.8 Å². The first-order valence-electron chi connectivity index (χ1n) is 7.60. The second kappa shape index (κ2) is 7.56. The maximum absolute atomic E-state index is 12.3. The molecular formula is C15H19N3O4S2. The van der Waals surface area contributed by atoms with Crippen molar-refractivity contribution in [3.8, 4) is 5.75 Å². The van der Waals surface area contributed by atoms with Crippen molar-refractivity contribution in [3.63, 3.8) is 0 Å². The number of aryl methyl sites for hydroxylation is 1. The Balaban J connectivity index is 1.64. The van der Waals surface area contributed by atoms with E-state index < -0.39 is 10.0 Å². The summed E-state index contributed by atoms with van der Waals surface area (Å²) in [6.45, 7) is 3.91. The lowest BCUT2D eigenvalue weighted by atomic mass is 10.1. The van der Waals surface area contributed by atoms with Crippen molar-refractivity contribution >= 4 is 21.4 Å². The summed E-state index contributed by atoms with van der Waals surface area (Å²) < 4.78 is 38.5. The highest BCUT2D eigenvalue weighted by atomic mass is 32.2. The molecule has 1 aliphatic rings. The SMILES string of the molecule is Cc1ncc(S(=O)(=O)NCc2ccncc2OCC2CCOC2)s1. The second-order valence-electron chi connectivity index (χ2n) is 5.55. The number of nitrogens with zero attached hydrogens (tertiary/aromatic N) is 2. The Morgan fingerprint density at radius 2 is 2.33 bits per heavy atom. The van der Waals surface area contributed by atoms with Gasteiger partial charge in [0.1, 0.15) is 5.75 Å². The number of aromatic nitrogens is 2. The number of hydrogen-bond acceptors (Lipinski definition) is 7. The van der Waals surface area contributed by atoms with Gasteiger partial charge in [-0.25, -0.2) is 18.1 Å². The van der Waals surface area contributed by atoms with Crippen molar-refractivity contribution in [1.82, 2.24) is 14.7 Å². The summed E-state index contributed by atoms with van der Waals surface area (Å²) in [5, 5.41) is 0.710. The molecule has 2 aromatic heterocycles. The minimum absolute atomic E-state index is 0.137. The van der Waals surface area contributed by atoms with Gasteiger partial charge in [-0.15, -0.1) is 11.3 Å². The van der Waals surface area contributed by atoms with Gasteiger partial charge in [-0.3, -0.25) is 4.98 Å². The molecule has 1 aliphatic heterocycles. The normalized spacial score (nSPS) is 18.0. The van der Waals surface area contributed by atoms with Crippen LogP contribution in [0.4, 0.5) is 0 Å². The smallest absolute Gasteiger partial charge is 0.251 e. The van der Waals surface area contributed by atoms with E-state index >= 15 is 0 Å². The maximum atomic E-state index is 12.3. The largest absolute Gasteiger partial charge is 0.491 e. The highest BCUT2D eigenvalue weighted by molar-refractivity contribution is 7.91. The molecule has 24 heavy (non-hydrogen) atoms. The van der Waals surface area contributed by atoms with Crippen LogP contribution in [-0.2, 0) is 21.3 Å². The van der Waals surface area contributed by atoms with E-state index in [0.29, 0.717) is 29.9 Å². The van der Waals surface area contributed by atoms with Gasteiger partial charge < -0.3 is 9.47 Å². The molecule has 1 saturated heterocycles. The molecule has 0 saturated carbocycles. The molecule has 0 spiro atoms. The van der Waals surface area contributed by atoms with Crippen molar-refractivity contribution in [1.29, 1.82) is 0 Å². The summed E-state index contributed by atoms with van der Waals surface area (Å²) in [5.41, 5.74) is 0.744. The number of sulfonamides is 1. The number of nitrogens with one attached hydrogen (secondary N) is 1. The second-order valence-corrected chi connectivity index (χ2v) is 8.78. The lowest BCUT2D eigenvalue weighted by molar-refractivity contribution is 0.166. The van der Waals surface area contributed by atoms with Gasteiger partial charge in [-0.2, -0.15) is 0 Å². The molecule has 130 valence electrons. The first-order chi connectivity index (χ1) is 11.5. The molecule has 1 atom stereocenters. The number of ether oxygens (including phenoxy) is 2. The van der Waals surface area contributed by atoms with Crippen LogP contribution in [0.1, 0.15) is 17.0 Å². The van der Waals surface area contributed by atoms with Crippen LogP contribution in [0.3, 0.4) is 0 Å². The van der Waals surface area contributed by atoms with Gasteiger partial charge in [0.2, 0.25) is 0 Å². The molecule has 0 aromatic carbocycles. The fourth-order valence-corrected chi connectivity index (χ4v) is 4.48. The third-order valence-electron chi connectivity index (χ3n) is 3.69. The molecule has 0 bridgehead atoms. The summed E-state index contributed by atoms with van der Waals surface area (Å²) in [5.74, 6) is 0.961. The van der Waals surface area contributed by atoms with Crippen molar-refractivity contribution in [2.45, 2.75) is 24.1 Å². The van der Waals surface area contributed by atoms with E-state index in [9.17, 15) is 8.42 Å². The number of rotatable bonds is 7. The van der Waals surface area contributed by atoms with E-state index in [1.165, 1.54) is 6.20 Å². The maximum Gasteiger partial charge on any atom is 0.251 e. The van der Waals surface area contributed by atoms with Crippen LogP contribution in [0.15, 0.2) is 28.9 Å². The summed E-state index contributed by atoms with van der Waals surface area (Å²) >= 11 is 1.14. The molecule has 0 amide bonds. The topological polar surface area (TPSA) is 90.4 Å². The average Bonchev–Trinajstić information content (AvgIpc) is 3.23. The number of thiazole rings is 1. The number of pyridine rings is 1. The highest BCUT2D eigenvalue weighted by Gasteiger charge is 2.19. The lowest BCUT2D eigenvalue weighted by Gasteiger charge is -2.14. The molecule has 3 heterocycles. The predicted octanol–water partition coefficient (Wildman–Crippen LogP) is 1.74. The van der Waals surface area contributed by atoms with Gasteiger partial charge in [-0.1, -0.05) is 0 Å². The predicted molar refractivity (Wildman–Crippen MR) is 89.5 cm³/mol. The molecule has 0 radical (unpaired) electrons. The molecule has 9 heteroatoms. The third kappa shape index (κ3) is 4.29. The van der Waals surface area contributed by atoms with Crippen molar-refractivity contribution < 1.29 is 17.9 Å². The Labute approximate surface area is 145 Å². The monoisotopic (exact) mass is 369 g/mol. The zero-order valence-electron chi connectivity index (χ0n) is 13.3. The fraction of sp³-hybridized carbons (Fsp3) is 0.467. The Morgan fingerprint density at radius 3 is 3.04 bits per heavy atom. The van der Waals surface area contributed by atoms with E-state index in [4.69, 9.17) is 9.47 Å². The molecule has 3 rings (SSSR count). The molecule has 1 fully saturated rings. The minimum atomic E-state index is -3.57. The van der Waals surface area contributed by atoms with Crippen LogP contribution in [-0.4, -0.2) is 38.2 Å². The summed E-state index contributed by atoms with van der Waals surface area (Å²) in [7, 11) is -3.57. The molecule has 2 aromatic rings. The Morgan fingerprint density at radius 1 is 1.46 bits per heavy atom. The Bertz CT molecular complexity index is 786. The van der Waals surface area contributed by atoms with Gasteiger partial charge in [-0.05, 0) is 19.4 Å². The first kappa shape index (κ1) is 17.3. The van der Waals surface area contributed by atoms with E-state index in [1.807, 2.05) is 0 Å². The van der Waals surface area contributed by atoms with Crippen molar-refractivity contribution in [2.24, 2.45) is 5.92 Å². The van der Waals surface area contributed by atoms with Crippen LogP contribution < -0.4 is 9.46 Å². The Kier molecular flexibility index (Phi) is 5.44. The minimum Gasteiger partial charge on any atom is -0.491 e. The van der Waals surface area contributed by atoms with Gasteiger partial charge in [0.05, 0.1) is 30.6 Å². The van der Waals surface area contributed by atoms with Crippen molar-refractivity contribution in [2.75, 3.05) is 19.8 Å². The Hall–Kier alpha value is -1.55. The van der Waals surface area contributed by atoms with Crippen LogP contribution in [0.5, 0.6) is 5.75 Å². The van der Waals surface area contributed by atoms with E-state index in [0.717, 1.165) is 29.9 Å². The van der Waals surface area contributed by atoms with Crippen LogP contribution in [0.2, 0.25) is 0 Å². The average molecular weight is 369 g/mol. The molecule has 7 nitrogen and oxygen atoms in total. The highest BCUT2D eigenvalue weighted by Crippen LogP contribution is 2.22.